The van der Waals surface area contributed by atoms with Gasteiger partial charge < -0.3 is 20.7 Å². The van der Waals surface area contributed by atoms with Crippen LogP contribution in [0, 0.1) is 11.8 Å². The van der Waals surface area contributed by atoms with Gasteiger partial charge in [-0.15, -0.1) is 0 Å². The van der Waals surface area contributed by atoms with Gasteiger partial charge in [-0.3, -0.25) is 4.79 Å². The summed E-state index contributed by atoms with van der Waals surface area (Å²) in [5, 5.41) is 4.58. The molecule has 0 radical (unpaired) electrons. The highest BCUT2D eigenvalue weighted by molar-refractivity contribution is 5.94. The monoisotopic (exact) mass is 575 g/mol. The molecule has 1 amide bonds. The highest BCUT2D eigenvalue weighted by Crippen LogP contribution is 2.30. The van der Waals surface area contributed by atoms with Crippen molar-refractivity contribution in [2.24, 2.45) is 17.6 Å². The maximum Gasteiger partial charge on any atom is 0.246 e. The van der Waals surface area contributed by atoms with Crippen molar-refractivity contribution in [1.29, 1.82) is 0 Å². The second-order valence-corrected chi connectivity index (χ2v) is 11.5. The summed E-state index contributed by atoms with van der Waals surface area (Å²) in [6.07, 6.45) is 12.2. The lowest BCUT2D eigenvalue weighted by atomic mass is 9.81. The molecule has 2 atom stereocenters. The lowest BCUT2D eigenvalue weighted by Crippen LogP contribution is -2.26. The molecular weight excluding hydrogens is 534 g/mol. The van der Waals surface area contributed by atoms with Gasteiger partial charge in [0, 0.05) is 32.1 Å². The van der Waals surface area contributed by atoms with Gasteiger partial charge in [-0.05, 0) is 90.8 Å². The van der Waals surface area contributed by atoms with Crippen LogP contribution >= 0.6 is 0 Å². The largest absolute Gasteiger partial charge is 0.489 e. The van der Waals surface area contributed by atoms with Crippen LogP contribution < -0.4 is 15.8 Å². The van der Waals surface area contributed by atoms with E-state index in [0.29, 0.717) is 24.3 Å². The van der Waals surface area contributed by atoms with Crippen LogP contribution in [-0.4, -0.2) is 48.0 Å². The van der Waals surface area contributed by atoms with Gasteiger partial charge in [-0.2, -0.15) is 0 Å². The predicted molar refractivity (Wildman–Crippen MR) is 176 cm³/mol. The lowest BCUT2D eigenvalue weighted by molar-refractivity contribution is -0.123. The molecule has 1 heterocycles. The Bertz CT molecular complexity index is 1560. The first-order valence-corrected chi connectivity index (χ1v) is 15.1. The third kappa shape index (κ3) is 8.52. The first-order chi connectivity index (χ1) is 21.0. The Morgan fingerprint density at radius 1 is 0.953 bits per heavy atom. The van der Waals surface area contributed by atoms with Gasteiger partial charge in [0.15, 0.2) is 5.82 Å². The number of carbonyl (C=O) groups excluding carboxylic acids is 1. The topological polar surface area (TPSA) is 93.4 Å². The number of anilines is 1. The van der Waals surface area contributed by atoms with E-state index >= 15 is 0 Å². The number of nitrogens with zero attached hydrogens (tertiary/aromatic N) is 3. The summed E-state index contributed by atoms with van der Waals surface area (Å²) >= 11 is 0. The molecule has 5 rings (SSSR count). The summed E-state index contributed by atoms with van der Waals surface area (Å²) < 4.78 is 5.93. The Hall–Kier alpha value is -4.49. The van der Waals surface area contributed by atoms with Gasteiger partial charge in [0.25, 0.3) is 0 Å². The number of nitrogens with one attached hydrogen (secondary N) is 1. The summed E-state index contributed by atoms with van der Waals surface area (Å²) in [6.45, 7) is 2.13. The van der Waals surface area contributed by atoms with E-state index in [1.54, 1.807) is 25.1 Å². The summed E-state index contributed by atoms with van der Waals surface area (Å²) in [4.78, 5) is 23.4. The molecule has 43 heavy (non-hydrogen) atoms. The fourth-order valence-corrected chi connectivity index (χ4v) is 5.42. The number of carbonyl (C=O) groups is 1. The first-order valence-electron chi connectivity index (χ1n) is 15.1. The molecule has 0 spiro atoms. The number of benzene rings is 3. The summed E-state index contributed by atoms with van der Waals surface area (Å²) in [7, 11) is 3.49. The molecule has 3 N–H and O–H groups in total. The molecule has 222 valence electrons. The van der Waals surface area contributed by atoms with Crippen LogP contribution in [0.2, 0.25) is 0 Å². The van der Waals surface area contributed by atoms with Crippen LogP contribution in [0.3, 0.4) is 0 Å². The number of aromatic nitrogens is 2. The number of amides is 1. The molecule has 1 aliphatic rings. The summed E-state index contributed by atoms with van der Waals surface area (Å²) in [5.41, 5.74) is 9.93. The summed E-state index contributed by atoms with van der Waals surface area (Å²) in [5.74, 6) is 3.37. The number of likely N-dealkylation sites (N-methyl/N-ethyl adjacent to an activating group) is 1. The van der Waals surface area contributed by atoms with Crippen molar-refractivity contribution < 1.29 is 9.53 Å². The number of ether oxygens (including phenoxy) is 1. The van der Waals surface area contributed by atoms with E-state index in [0.717, 1.165) is 58.7 Å². The van der Waals surface area contributed by atoms with Crippen molar-refractivity contribution in [3.05, 3.63) is 101 Å². The van der Waals surface area contributed by atoms with Crippen LogP contribution in [-0.2, 0) is 11.4 Å². The quantitative estimate of drug-likeness (QED) is 0.194. The normalized spacial score (nSPS) is 17.0. The lowest BCUT2D eigenvalue weighted by Gasteiger charge is -2.28. The number of rotatable bonds is 11. The Balaban J connectivity index is 1.34. The van der Waals surface area contributed by atoms with Crippen LogP contribution in [0.25, 0.3) is 29.1 Å². The van der Waals surface area contributed by atoms with E-state index in [4.69, 9.17) is 20.4 Å². The van der Waals surface area contributed by atoms with Crippen molar-refractivity contribution in [3.8, 4) is 5.75 Å². The second-order valence-electron chi connectivity index (χ2n) is 11.5. The van der Waals surface area contributed by atoms with E-state index in [9.17, 15) is 4.79 Å². The van der Waals surface area contributed by atoms with Gasteiger partial charge in [0.2, 0.25) is 5.91 Å². The van der Waals surface area contributed by atoms with Crippen molar-refractivity contribution in [2.45, 2.75) is 32.3 Å². The van der Waals surface area contributed by atoms with Crippen LogP contribution in [0.4, 0.5) is 5.82 Å². The minimum Gasteiger partial charge on any atom is -0.489 e. The molecule has 2 unspecified atom stereocenters. The highest BCUT2D eigenvalue weighted by Gasteiger charge is 2.21. The van der Waals surface area contributed by atoms with E-state index < -0.39 is 0 Å². The van der Waals surface area contributed by atoms with Crippen LogP contribution in [0.5, 0.6) is 5.75 Å². The Morgan fingerprint density at radius 2 is 1.72 bits per heavy atom. The number of fused-ring (bicyclic) bond motifs is 1. The average molecular weight is 576 g/mol. The van der Waals surface area contributed by atoms with Crippen molar-refractivity contribution in [1.82, 2.24) is 14.9 Å². The van der Waals surface area contributed by atoms with E-state index in [2.05, 4.69) is 17.4 Å². The molecule has 1 aliphatic carbocycles. The number of nitrogens with two attached hydrogens (primary N) is 1. The Kier molecular flexibility index (Phi) is 10.2. The van der Waals surface area contributed by atoms with Crippen molar-refractivity contribution >= 4 is 40.9 Å². The Labute approximate surface area is 254 Å². The standard InChI is InChI=1S/C36H41N5O2/c1-41(2)35(42)20-15-27-13-18-33-32(22-27)36(38-24-30-10-6-9-29(21-30)23-37)40-34(39-33)19-14-26-11-16-31(17-12-26)43-25-28-7-4-3-5-8-28/h3-5,7-8,11-20,22,29-30H,6,9-10,21,23-25,37H2,1-2H3,(H,38,39,40). The third-order valence-corrected chi connectivity index (χ3v) is 7.93. The maximum atomic E-state index is 12.1. The molecule has 0 bridgehead atoms. The molecule has 3 aromatic carbocycles. The second kappa shape index (κ2) is 14.6. The van der Waals surface area contributed by atoms with Crippen LogP contribution in [0.1, 0.15) is 48.2 Å². The molecule has 7 nitrogen and oxygen atoms in total. The molecule has 7 heteroatoms. The molecular formula is C36H41N5O2. The Morgan fingerprint density at radius 3 is 2.49 bits per heavy atom. The fourth-order valence-electron chi connectivity index (χ4n) is 5.42. The molecule has 0 aliphatic heterocycles. The van der Waals surface area contributed by atoms with Gasteiger partial charge in [-0.25, -0.2) is 9.97 Å². The SMILES string of the molecule is CN(C)C(=O)C=Cc1ccc2nc(C=Cc3ccc(OCc4ccccc4)cc3)nc(NCC3CCCC(CN)C3)c2c1. The van der Waals surface area contributed by atoms with E-state index in [-0.39, 0.29) is 5.91 Å². The molecule has 1 fully saturated rings. The smallest absolute Gasteiger partial charge is 0.246 e. The van der Waals surface area contributed by atoms with Crippen LogP contribution in [0.15, 0.2) is 78.9 Å². The minimum atomic E-state index is -0.0577. The van der Waals surface area contributed by atoms with E-state index in [1.807, 2.05) is 78.9 Å². The van der Waals surface area contributed by atoms with E-state index in [1.165, 1.54) is 19.3 Å². The van der Waals surface area contributed by atoms with Crippen molar-refractivity contribution in [3.63, 3.8) is 0 Å². The molecule has 4 aromatic rings. The highest BCUT2D eigenvalue weighted by atomic mass is 16.5. The number of hydrogen-bond acceptors (Lipinski definition) is 6. The maximum absolute atomic E-state index is 12.1. The van der Waals surface area contributed by atoms with Crippen molar-refractivity contribution in [2.75, 3.05) is 32.5 Å². The predicted octanol–water partition coefficient (Wildman–Crippen LogP) is 6.66. The zero-order valence-electron chi connectivity index (χ0n) is 25.1. The minimum absolute atomic E-state index is 0.0577. The fraction of sp³-hybridized carbons (Fsp3) is 0.306. The summed E-state index contributed by atoms with van der Waals surface area (Å²) in [6, 6.07) is 24.2. The molecule has 1 aromatic heterocycles. The van der Waals surface area contributed by atoms with Gasteiger partial charge in [0.1, 0.15) is 18.2 Å². The number of hydrogen-bond donors (Lipinski definition) is 2. The van der Waals surface area contributed by atoms with Gasteiger partial charge in [0.05, 0.1) is 5.52 Å². The zero-order chi connectivity index (χ0) is 30.0. The van der Waals surface area contributed by atoms with Gasteiger partial charge in [-0.1, -0.05) is 61.0 Å². The third-order valence-electron chi connectivity index (χ3n) is 7.93. The van der Waals surface area contributed by atoms with Gasteiger partial charge >= 0.3 is 0 Å². The molecule has 1 saturated carbocycles. The average Bonchev–Trinajstić information content (AvgIpc) is 3.05. The zero-order valence-corrected chi connectivity index (χ0v) is 25.1. The molecule has 0 saturated heterocycles. The first kappa shape index (κ1) is 30.0.